The zero-order valence-electron chi connectivity index (χ0n) is 14.7. The molecule has 0 fully saturated rings. The van der Waals surface area contributed by atoms with Crippen molar-refractivity contribution >= 4 is 58.6 Å². The predicted octanol–water partition coefficient (Wildman–Crippen LogP) is 7.60. The van der Waals surface area contributed by atoms with E-state index in [1.807, 2.05) is 48.6 Å². The molecule has 0 aliphatic heterocycles. The molecule has 1 aromatic carbocycles. The molecule has 0 bridgehead atoms. The van der Waals surface area contributed by atoms with Crippen LogP contribution in [0.4, 0.5) is 0 Å². The van der Waals surface area contributed by atoms with Gasteiger partial charge in [-0.05, 0) is 48.2 Å². The molecule has 0 aliphatic rings. The summed E-state index contributed by atoms with van der Waals surface area (Å²) in [4.78, 5) is 8.01. The number of halogens is 4. The number of pyridine rings is 2. The highest BCUT2D eigenvalue weighted by molar-refractivity contribution is 6.50. The van der Waals surface area contributed by atoms with E-state index in [1.165, 1.54) is 0 Å². The Balaban J connectivity index is 1.82. The van der Waals surface area contributed by atoms with E-state index in [4.69, 9.17) is 46.4 Å². The Bertz CT molecular complexity index is 889. The number of rotatable bonds is 6. The van der Waals surface area contributed by atoms with Gasteiger partial charge in [-0.15, -0.1) is 0 Å². The third-order valence-electron chi connectivity index (χ3n) is 4.11. The number of hydrogen-bond donors (Lipinski definition) is 0. The van der Waals surface area contributed by atoms with Crippen LogP contribution < -0.4 is 0 Å². The Morgan fingerprint density at radius 2 is 0.893 bits per heavy atom. The summed E-state index contributed by atoms with van der Waals surface area (Å²) in [5.41, 5.74) is 3.48. The minimum atomic E-state index is 0.380. The summed E-state index contributed by atoms with van der Waals surface area (Å²) in [5.74, 6) is 0. The summed E-state index contributed by atoms with van der Waals surface area (Å²) in [6, 6.07) is 7.79. The number of hydrogen-bond acceptors (Lipinski definition) is 2. The van der Waals surface area contributed by atoms with Crippen molar-refractivity contribution in [2.75, 3.05) is 0 Å². The zero-order valence-corrected chi connectivity index (χ0v) is 17.8. The zero-order chi connectivity index (χ0) is 19.9. The Labute approximate surface area is 184 Å². The molecule has 2 aromatic heterocycles. The fraction of sp³-hybridized carbons (Fsp3) is 0.0909. The van der Waals surface area contributed by atoms with Crippen LogP contribution in [0.3, 0.4) is 0 Å². The summed E-state index contributed by atoms with van der Waals surface area (Å²) in [5, 5.41) is 1.52. The van der Waals surface area contributed by atoms with Gasteiger partial charge in [0.1, 0.15) is 0 Å². The van der Waals surface area contributed by atoms with Crippen molar-refractivity contribution in [3.63, 3.8) is 0 Å². The Morgan fingerprint density at radius 1 is 0.571 bits per heavy atom. The fourth-order valence-electron chi connectivity index (χ4n) is 2.62. The standard InChI is InChI=1S/C22H16Cl4N2/c23-19-17(5-1-3-15-7-11-27-12-8-15)20(24)22(26)18(21(19)25)6-2-4-16-9-13-28-14-10-16/h1-2,5-14H,3-4H2/b5-1+,6-2?. The van der Waals surface area contributed by atoms with Gasteiger partial charge in [0.25, 0.3) is 0 Å². The largest absolute Gasteiger partial charge is 0.265 e. The molecule has 0 amide bonds. The van der Waals surface area contributed by atoms with Crippen LogP contribution in [0.2, 0.25) is 20.1 Å². The van der Waals surface area contributed by atoms with Crippen LogP contribution in [0.5, 0.6) is 0 Å². The van der Waals surface area contributed by atoms with Crippen molar-refractivity contribution in [2.24, 2.45) is 0 Å². The van der Waals surface area contributed by atoms with Gasteiger partial charge < -0.3 is 0 Å². The van der Waals surface area contributed by atoms with E-state index in [2.05, 4.69) is 9.97 Å². The van der Waals surface area contributed by atoms with Crippen molar-refractivity contribution in [3.05, 3.63) is 104 Å². The number of benzene rings is 1. The van der Waals surface area contributed by atoms with Gasteiger partial charge >= 0.3 is 0 Å². The topological polar surface area (TPSA) is 25.8 Å². The molecule has 0 aliphatic carbocycles. The highest BCUT2D eigenvalue weighted by Gasteiger charge is 2.17. The van der Waals surface area contributed by atoms with Gasteiger partial charge in [-0.25, -0.2) is 0 Å². The SMILES string of the molecule is Clc1c(Cl)c(/C=C/Cc2ccncc2)c(Cl)c(Cl)c1C=CCc1ccncc1. The molecule has 3 aromatic rings. The first-order valence-corrected chi connectivity index (χ1v) is 10.1. The summed E-state index contributed by atoms with van der Waals surface area (Å²) in [7, 11) is 0. The molecule has 0 N–H and O–H groups in total. The number of nitrogens with zero attached hydrogens (tertiary/aromatic N) is 2. The maximum Gasteiger partial charge on any atom is 0.0686 e. The van der Waals surface area contributed by atoms with Crippen LogP contribution in [0, 0.1) is 0 Å². The second-order valence-corrected chi connectivity index (χ2v) is 7.52. The minimum absolute atomic E-state index is 0.380. The van der Waals surface area contributed by atoms with Crippen LogP contribution in [0.1, 0.15) is 22.3 Å². The van der Waals surface area contributed by atoms with Gasteiger partial charge in [-0.2, -0.15) is 0 Å². The van der Waals surface area contributed by atoms with E-state index in [0.29, 0.717) is 31.2 Å². The molecule has 3 rings (SSSR count). The van der Waals surface area contributed by atoms with E-state index in [0.717, 1.165) is 24.0 Å². The maximum absolute atomic E-state index is 6.47. The molecule has 0 saturated carbocycles. The van der Waals surface area contributed by atoms with E-state index in [1.54, 1.807) is 24.8 Å². The van der Waals surface area contributed by atoms with Gasteiger partial charge in [-0.3, -0.25) is 9.97 Å². The predicted molar refractivity (Wildman–Crippen MR) is 120 cm³/mol. The van der Waals surface area contributed by atoms with Gasteiger partial charge in [0.2, 0.25) is 0 Å². The molecule has 2 heterocycles. The maximum atomic E-state index is 6.47. The number of allylic oxidation sites excluding steroid dienone is 2. The van der Waals surface area contributed by atoms with E-state index < -0.39 is 0 Å². The third-order valence-corrected chi connectivity index (χ3v) is 5.87. The molecular formula is C22H16Cl4N2. The van der Waals surface area contributed by atoms with Crippen molar-refractivity contribution in [3.8, 4) is 0 Å². The lowest BCUT2D eigenvalue weighted by atomic mass is 10.1. The lowest BCUT2D eigenvalue weighted by Gasteiger charge is -2.11. The first-order chi connectivity index (χ1) is 13.6. The monoisotopic (exact) mass is 448 g/mol. The normalized spacial score (nSPS) is 11.6. The molecule has 0 spiro atoms. The van der Waals surface area contributed by atoms with Crippen molar-refractivity contribution in [1.29, 1.82) is 0 Å². The summed E-state index contributed by atoms with van der Waals surface area (Å²) in [6.45, 7) is 0. The van der Waals surface area contributed by atoms with Crippen molar-refractivity contribution in [1.82, 2.24) is 9.97 Å². The molecule has 0 atom stereocenters. The third kappa shape index (κ3) is 5.15. The molecule has 142 valence electrons. The Hall–Kier alpha value is -1.84. The first-order valence-electron chi connectivity index (χ1n) is 8.54. The van der Waals surface area contributed by atoms with Gasteiger partial charge in [0.05, 0.1) is 20.1 Å². The molecular weight excluding hydrogens is 434 g/mol. The molecule has 28 heavy (non-hydrogen) atoms. The van der Waals surface area contributed by atoms with E-state index >= 15 is 0 Å². The van der Waals surface area contributed by atoms with Gasteiger partial charge in [0.15, 0.2) is 0 Å². The summed E-state index contributed by atoms with van der Waals surface area (Å²) < 4.78 is 0. The molecule has 6 heteroatoms. The average molecular weight is 450 g/mol. The number of aromatic nitrogens is 2. The second kappa shape index (κ2) is 10.1. The van der Waals surface area contributed by atoms with Crippen LogP contribution in [-0.4, -0.2) is 9.97 Å². The van der Waals surface area contributed by atoms with Crippen LogP contribution in [0.15, 0.2) is 61.2 Å². The van der Waals surface area contributed by atoms with Gasteiger partial charge in [0, 0.05) is 35.9 Å². The summed E-state index contributed by atoms with van der Waals surface area (Å²) >= 11 is 25.9. The van der Waals surface area contributed by atoms with Gasteiger partial charge in [-0.1, -0.05) is 70.7 Å². The highest BCUT2D eigenvalue weighted by atomic mass is 35.5. The summed E-state index contributed by atoms with van der Waals surface area (Å²) in [6.07, 6.45) is 16.1. The first kappa shape index (κ1) is 20.9. The molecule has 0 saturated heterocycles. The Kier molecular flexibility index (Phi) is 7.52. The second-order valence-electron chi connectivity index (χ2n) is 6.01. The van der Waals surface area contributed by atoms with Crippen LogP contribution in [0.25, 0.3) is 12.2 Å². The van der Waals surface area contributed by atoms with Crippen molar-refractivity contribution < 1.29 is 0 Å². The molecule has 0 unspecified atom stereocenters. The van der Waals surface area contributed by atoms with E-state index in [9.17, 15) is 0 Å². The van der Waals surface area contributed by atoms with Crippen molar-refractivity contribution in [2.45, 2.75) is 12.8 Å². The minimum Gasteiger partial charge on any atom is -0.265 e. The lowest BCUT2D eigenvalue weighted by molar-refractivity contribution is 1.22. The lowest BCUT2D eigenvalue weighted by Crippen LogP contribution is -1.89. The smallest absolute Gasteiger partial charge is 0.0686 e. The molecule has 2 nitrogen and oxygen atoms in total. The highest BCUT2D eigenvalue weighted by Crippen LogP contribution is 2.42. The Morgan fingerprint density at radius 3 is 1.21 bits per heavy atom. The van der Waals surface area contributed by atoms with Crippen LogP contribution in [-0.2, 0) is 12.8 Å². The fourth-order valence-corrected chi connectivity index (χ4v) is 3.76. The molecule has 0 radical (unpaired) electrons. The quantitative estimate of drug-likeness (QED) is 0.362. The van der Waals surface area contributed by atoms with E-state index in [-0.39, 0.29) is 0 Å². The average Bonchev–Trinajstić information content (AvgIpc) is 2.73. The van der Waals surface area contributed by atoms with Crippen LogP contribution >= 0.6 is 46.4 Å².